The van der Waals surface area contributed by atoms with Crippen LogP contribution in [0.2, 0.25) is 0 Å². The molecule has 1 aromatic carbocycles. The van der Waals surface area contributed by atoms with Crippen LogP contribution < -0.4 is 11.1 Å². The van der Waals surface area contributed by atoms with Crippen LogP contribution in [0, 0.1) is 11.3 Å². The minimum absolute atomic E-state index is 0.0412. The summed E-state index contributed by atoms with van der Waals surface area (Å²) in [5, 5.41) is 22.2. The molecule has 4 heteroatoms. The molecule has 0 amide bonds. The summed E-state index contributed by atoms with van der Waals surface area (Å²) < 4.78 is 0. The Morgan fingerprint density at radius 1 is 1.35 bits per heavy atom. The maximum atomic E-state index is 9.88. The lowest BCUT2D eigenvalue weighted by molar-refractivity contribution is 0.116. The van der Waals surface area contributed by atoms with Crippen molar-refractivity contribution in [3.63, 3.8) is 0 Å². The molecular weight excluding hydrogens is 214 g/mol. The van der Waals surface area contributed by atoms with E-state index in [1.165, 1.54) is 0 Å². The zero-order valence-electron chi connectivity index (χ0n) is 9.69. The monoisotopic (exact) mass is 231 g/mol. The molecule has 1 saturated carbocycles. The van der Waals surface area contributed by atoms with Gasteiger partial charge in [-0.1, -0.05) is 12.8 Å². The molecule has 0 bridgehead atoms. The third-order valence-electron chi connectivity index (χ3n) is 3.23. The molecule has 0 radical (unpaired) electrons. The quantitative estimate of drug-likeness (QED) is 0.678. The number of benzene rings is 1. The first-order valence-corrected chi connectivity index (χ1v) is 5.95. The van der Waals surface area contributed by atoms with Gasteiger partial charge in [-0.3, -0.25) is 0 Å². The van der Waals surface area contributed by atoms with Gasteiger partial charge in [0.1, 0.15) is 6.07 Å². The topological polar surface area (TPSA) is 82.1 Å². The number of nitriles is 1. The van der Waals surface area contributed by atoms with Gasteiger partial charge in [0.15, 0.2) is 0 Å². The molecule has 0 spiro atoms. The molecule has 2 unspecified atom stereocenters. The van der Waals surface area contributed by atoms with Gasteiger partial charge in [-0.25, -0.2) is 0 Å². The Balaban J connectivity index is 2.15. The molecule has 2 rings (SSSR count). The maximum Gasteiger partial charge on any atom is 0.101 e. The first-order chi connectivity index (χ1) is 8.20. The Labute approximate surface area is 101 Å². The molecule has 0 saturated heterocycles. The van der Waals surface area contributed by atoms with Crippen molar-refractivity contribution in [2.45, 2.75) is 37.8 Å². The van der Waals surface area contributed by atoms with E-state index in [2.05, 4.69) is 11.4 Å². The van der Waals surface area contributed by atoms with Crippen LogP contribution >= 0.6 is 0 Å². The SMILES string of the molecule is N#Cc1cc(N)ccc1NC1CCCCC1O. The summed E-state index contributed by atoms with van der Waals surface area (Å²) in [6, 6.07) is 7.37. The van der Waals surface area contributed by atoms with Gasteiger partial charge in [0.2, 0.25) is 0 Å². The first kappa shape index (κ1) is 11.7. The summed E-state index contributed by atoms with van der Waals surface area (Å²) in [5.74, 6) is 0. The van der Waals surface area contributed by atoms with Crippen molar-refractivity contribution in [2.75, 3.05) is 11.1 Å². The van der Waals surface area contributed by atoms with Crippen LogP contribution in [0.5, 0.6) is 0 Å². The predicted molar refractivity (Wildman–Crippen MR) is 67.5 cm³/mol. The summed E-state index contributed by atoms with van der Waals surface area (Å²) in [6.07, 6.45) is 3.63. The molecule has 0 aromatic heterocycles. The van der Waals surface area contributed by atoms with Crippen molar-refractivity contribution in [3.8, 4) is 6.07 Å². The van der Waals surface area contributed by atoms with E-state index in [0.717, 1.165) is 31.4 Å². The normalized spacial score (nSPS) is 24.0. The van der Waals surface area contributed by atoms with E-state index in [0.29, 0.717) is 11.3 Å². The molecule has 1 fully saturated rings. The highest BCUT2D eigenvalue weighted by molar-refractivity contribution is 5.63. The van der Waals surface area contributed by atoms with E-state index < -0.39 is 0 Å². The summed E-state index contributed by atoms with van der Waals surface area (Å²) in [5.41, 5.74) is 7.50. The van der Waals surface area contributed by atoms with Gasteiger partial charge in [-0.2, -0.15) is 5.26 Å². The lowest BCUT2D eigenvalue weighted by Crippen LogP contribution is -2.36. The Morgan fingerprint density at radius 2 is 2.12 bits per heavy atom. The highest BCUT2D eigenvalue weighted by Gasteiger charge is 2.23. The molecule has 1 aromatic rings. The fourth-order valence-corrected chi connectivity index (χ4v) is 2.26. The predicted octanol–water partition coefficient (Wildman–Crippen LogP) is 1.86. The number of nitrogen functional groups attached to an aromatic ring is 1. The lowest BCUT2D eigenvalue weighted by atomic mass is 9.92. The average Bonchev–Trinajstić information content (AvgIpc) is 2.34. The molecule has 0 aliphatic heterocycles. The van der Waals surface area contributed by atoms with Gasteiger partial charge in [0.05, 0.1) is 23.4 Å². The van der Waals surface area contributed by atoms with Crippen LogP contribution in [0.25, 0.3) is 0 Å². The van der Waals surface area contributed by atoms with Crippen molar-refractivity contribution < 1.29 is 5.11 Å². The molecule has 2 atom stereocenters. The molecule has 17 heavy (non-hydrogen) atoms. The molecule has 4 N–H and O–H groups in total. The summed E-state index contributed by atoms with van der Waals surface area (Å²) >= 11 is 0. The zero-order valence-corrected chi connectivity index (χ0v) is 9.69. The highest BCUT2D eigenvalue weighted by atomic mass is 16.3. The van der Waals surface area contributed by atoms with E-state index >= 15 is 0 Å². The van der Waals surface area contributed by atoms with Gasteiger partial charge >= 0.3 is 0 Å². The molecule has 90 valence electrons. The van der Waals surface area contributed by atoms with Crippen LogP contribution in [-0.4, -0.2) is 17.3 Å². The van der Waals surface area contributed by atoms with Crippen LogP contribution in [-0.2, 0) is 0 Å². The number of nitrogens with one attached hydrogen (secondary N) is 1. The standard InChI is InChI=1S/C13H17N3O/c14-8-9-7-10(15)5-6-11(9)16-12-3-1-2-4-13(12)17/h5-7,12-13,16-17H,1-4,15H2. The largest absolute Gasteiger partial charge is 0.399 e. The zero-order chi connectivity index (χ0) is 12.3. The lowest BCUT2D eigenvalue weighted by Gasteiger charge is -2.29. The number of nitrogens with zero attached hydrogens (tertiary/aromatic N) is 1. The molecular formula is C13H17N3O. The number of hydrogen-bond donors (Lipinski definition) is 3. The van der Waals surface area contributed by atoms with Crippen LogP contribution in [0.1, 0.15) is 31.2 Å². The van der Waals surface area contributed by atoms with Crippen molar-refractivity contribution >= 4 is 11.4 Å². The molecule has 1 aliphatic rings. The molecule has 0 heterocycles. The van der Waals surface area contributed by atoms with E-state index in [-0.39, 0.29) is 12.1 Å². The summed E-state index contributed by atoms with van der Waals surface area (Å²) in [7, 11) is 0. The highest BCUT2D eigenvalue weighted by Crippen LogP contribution is 2.25. The van der Waals surface area contributed by atoms with E-state index in [9.17, 15) is 5.11 Å². The number of nitrogens with two attached hydrogens (primary N) is 1. The summed E-state index contributed by atoms with van der Waals surface area (Å²) in [4.78, 5) is 0. The van der Waals surface area contributed by atoms with Gasteiger partial charge in [0.25, 0.3) is 0 Å². The average molecular weight is 231 g/mol. The van der Waals surface area contributed by atoms with Crippen molar-refractivity contribution in [1.82, 2.24) is 0 Å². The van der Waals surface area contributed by atoms with E-state index in [1.807, 2.05) is 0 Å². The maximum absolute atomic E-state index is 9.88. The number of aliphatic hydroxyl groups excluding tert-OH is 1. The minimum atomic E-state index is -0.326. The van der Waals surface area contributed by atoms with Crippen molar-refractivity contribution in [2.24, 2.45) is 0 Å². The molecule has 4 nitrogen and oxygen atoms in total. The third kappa shape index (κ3) is 2.69. The first-order valence-electron chi connectivity index (χ1n) is 5.95. The fourth-order valence-electron chi connectivity index (χ4n) is 2.26. The van der Waals surface area contributed by atoms with Gasteiger partial charge in [-0.15, -0.1) is 0 Å². The Hall–Kier alpha value is -1.73. The second kappa shape index (κ2) is 5.07. The number of aliphatic hydroxyl groups is 1. The second-order valence-corrected chi connectivity index (χ2v) is 4.52. The number of anilines is 2. The van der Waals surface area contributed by atoms with Gasteiger partial charge in [0, 0.05) is 5.69 Å². The van der Waals surface area contributed by atoms with Crippen molar-refractivity contribution in [1.29, 1.82) is 5.26 Å². The van der Waals surface area contributed by atoms with Gasteiger partial charge < -0.3 is 16.2 Å². The van der Waals surface area contributed by atoms with E-state index in [4.69, 9.17) is 11.0 Å². The Bertz CT molecular complexity index is 439. The fraction of sp³-hybridized carbons (Fsp3) is 0.462. The van der Waals surface area contributed by atoms with Crippen LogP contribution in [0.4, 0.5) is 11.4 Å². The number of rotatable bonds is 2. The van der Waals surface area contributed by atoms with E-state index in [1.54, 1.807) is 18.2 Å². The second-order valence-electron chi connectivity index (χ2n) is 4.52. The van der Waals surface area contributed by atoms with Crippen LogP contribution in [0.15, 0.2) is 18.2 Å². The summed E-state index contributed by atoms with van der Waals surface area (Å²) in [6.45, 7) is 0. The Kier molecular flexibility index (Phi) is 3.50. The minimum Gasteiger partial charge on any atom is -0.399 e. The third-order valence-corrected chi connectivity index (χ3v) is 3.23. The Morgan fingerprint density at radius 3 is 2.82 bits per heavy atom. The molecule has 1 aliphatic carbocycles. The van der Waals surface area contributed by atoms with Crippen LogP contribution in [0.3, 0.4) is 0 Å². The van der Waals surface area contributed by atoms with Gasteiger partial charge in [-0.05, 0) is 31.0 Å². The van der Waals surface area contributed by atoms with Crippen molar-refractivity contribution in [3.05, 3.63) is 23.8 Å². The number of hydrogen-bond acceptors (Lipinski definition) is 4. The smallest absolute Gasteiger partial charge is 0.101 e.